The number of hydrogen-bond acceptors (Lipinski definition) is 0. The lowest BCUT2D eigenvalue weighted by molar-refractivity contribution is 0.773. The lowest BCUT2D eigenvalue weighted by Gasteiger charge is -1.87. The van der Waals surface area contributed by atoms with Gasteiger partial charge in [0, 0.05) is 6.42 Å². The zero-order chi connectivity index (χ0) is 6.24. The molecule has 0 nitrogen and oxygen atoms in total. The standard InChI is InChI=1S/C8H12/c1-3-5-7-8-6-4-2/h1,4H,2,5-8H2. The summed E-state index contributed by atoms with van der Waals surface area (Å²) in [6, 6.07) is 0. The third kappa shape index (κ3) is 5.30. The third-order valence-corrected chi connectivity index (χ3v) is 0.979. The number of hydrogen-bond donors (Lipinski definition) is 0. The van der Waals surface area contributed by atoms with Crippen molar-refractivity contribution < 1.29 is 0 Å². The zero-order valence-electron chi connectivity index (χ0n) is 5.19. The van der Waals surface area contributed by atoms with E-state index in [0.29, 0.717) is 0 Å². The second-order valence-electron chi connectivity index (χ2n) is 1.74. The van der Waals surface area contributed by atoms with Gasteiger partial charge in [0.1, 0.15) is 0 Å². The van der Waals surface area contributed by atoms with Gasteiger partial charge in [0.15, 0.2) is 0 Å². The molecule has 0 saturated carbocycles. The summed E-state index contributed by atoms with van der Waals surface area (Å²) in [6.07, 6.45) is 11.3. The van der Waals surface area contributed by atoms with E-state index in [9.17, 15) is 0 Å². The van der Waals surface area contributed by atoms with E-state index in [1.807, 2.05) is 6.08 Å². The highest BCUT2D eigenvalue weighted by molar-refractivity contribution is 4.83. The highest BCUT2D eigenvalue weighted by Gasteiger charge is 1.79. The number of unbranched alkanes of at least 4 members (excludes halogenated alkanes) is 3. The fourth-order valence-corrected chi connectivity index (χ4v) is 0.516. The van der Waals surface area contributed by atoms with Gasteiger partial charge in [-0.05, 0) is 19.3 Å². The van der Waals surface area contributed by atoms with Crippen LogP contribution in [0.5, 0.6) is 0 Å². The quantitative estimate of drug-likeness (QED) is 0.294. The van der Waals surface area contributed by atoms with Crippen molar-refractivity contribution in [3.63, 3.8) is 0 Å². The Morgan fingerprint density at radius 1 is 1.50 bits per heavy atom. The van der Waals surface area contributed by atoms with E-state index in [1.54, 1.807) is 0 Å². The van der Waals surface area contributed by atoms with Crippen LogP contribution in [0, 0.1) is 12.3 Å². The molecule has 0 aliphatic carbocycles. The predicted octanol–water partition coefficient (Wildman–Crippen LogP) is 2.37. The Labute approximate surface area is 51.6 Å². The molecule has 0 rings (SSSR count). The normalized spacial score (nSPS) is 7.88. The highest BCUT2D eigenvalue weighted by Crippen LogP contribution is 1.97. The van der Waals surface area contributed by atoms with Crippen LogP contribution < -0.4 is 0 Å². The smallest absolute Gasteiger partial charge is 0.00861 e. The van der Waals surface area contributed by atoms with Gasteiger partial charge < -0.3 is 0 Å². The molecule has 0 aromatic carbocycles. The minimum absolute atomic E-state index is 0.911. The van der Waals surface area contributed by atoms with Gasteiger partial charge in [-0.15, -0.1) is 18.9 Å². The van der Waals surface area contributed by atoms with Gasteiger partial charge in [0.25, 0.3) is 0 Å². The first kappa shape index (κ1) is 7.30. The Kier molecular flexibility index (Phi) is 5.75. The predicted molar refractivity (Wildman–Crippen MR) is 37.5 cm³/mol. The molecule has 0 saturated heterocycles. The van der Waals surface area contributed by atoms with E-state index < -0.39 is 0 Å². The van der Waals surface area contributed by atoms with E-state index in [-0.39, 0.29) is 0 Å². The maximum Gasteiger partial charge on any atom is 0.00861 e. The largest absolute Gasteiger partial charge is 0.120 e. The molecule has 0 radical (unpaired) electrons. The molecule has 44 valence electrons. The number of terminal acetylenes is 1. The van der Waals surface area contributed by atoms with Gasteiger partial charge in [-0.25, -0.2) is 0 Å². The number of rotatable bonds is 4. The summed E-state index contributed by atoms with van der Waals surface area (Å²) >= 11 is 0. The van der Waals surface area contributed by atoms with Crippen molar-refractivity contribution in [3.8, 4) is 12.3 Å². The third-order valence-electron chi connectivity index (χ3n) is 0.979. The average molecular weight is 108 g/mol. The first-order valence-corrected chi connectivity index (χ1v) is 2.96. The van der Waals surface area contributed by atoms with Crippen molar-refractivity contribution in [1.82, 2.24) is 0 Å². The van der Waals surface area contributed by atoms with E-state index in [2.05, 4.69) is 12.5 Å². The Morgan fingerprint density at radius 3 is 2.75 bits per heavy atom. The molecule has 0 amide bonds. The van der Waals surface area contributed by atoms with Crippen LogP contribution in [-0.2, 0) is 0 Å². The molecular weight excluding hydrogens is 96.1 g/mol. The van der Waals surface area contributed by atoms with Crippen molar-refractivity contribution in [2.75, 3.05) is 0 Å². The summed E-state index contributed by atoms with van der Waals surface area (Å²) in [5, 5.41) is 0. The van der Waals surface area contributed by atoms with Gasteiger partial charge in [0.2, 0.25) is 0 Å². The first-order chi connectivity index (χ1) is 3.91. The second kappa shape index (κ2) is 6.30. The lowest BCUT2D eigenvalue weighted by Crippen LogP contribution is -1.70. The SMILES string of the molecule is C#CCCCCC=C. The van der Waals surface area contributed by atoms with Gasteiger partial charge in [0.05, 0.1) is 0 Å². The number of allylic oxidation sites excluding steroid dienone is 1. The molecule has 8 heavy (non-hydrogen) atoms. The molecular formula is C8H12. The fourth-order valence-electron chi connectivity index (χ4n) is 0.516. The molecule has 0 atom stereocenters. The van der Waals surface area contributed by atoms with E-state index >= 15 is 0 Å². The van der Waals surface area contributed by atoms with Crippen LogP contribution >= 0.6 is 0 Å². The minimum Gasteiger partial charge on any atom is -0.120 e. The Morgan fingerprint density at radius 2 is 2.25 bits per heavy atom. The van der Waals surface area contributed by atoms with Crippen molar-refractivity contribution in [1.29, 1.82) is 0 Å². The second-order valence-corrected chi connectivity index (χ2v) is 1.74. The van der Waals surface area contributed by atoms with Crippen molar-refractivity contribution in [2.24, 2.45) is 0 Å². The Bertz CT molecular complexity index is 84.7. The van der Waals surface area contributed by atoms with E-state index in [0.717, 1.165) is 19.3 Å². The van der Waals surface area contributed by atoms with Crippen molar-refractivity contribution in [2.45, 2.75) is 25.7 Å². The van der Waals surface area contributed by atoms with E-state index in [4.69, 9.17) is 6.42 Å². The molecule has 0 aromatic rings. The van der Waals surface area contributed by atoms with Crippen molar-refractivity contribution >= 4 is 0 Å². The summed E-state index contributed by atoms with van der Waals surface area (Å²) in [4.78, 5) is 0. The van der Waals surface area contributed by atoms with Gasteiger partial charge in [-0.1, -0.05) is 6.08 Å². The van der Waals surface area contributed by atoms with Crippen LogP contribution in [0.2, 0.25) is 0 Å². The molecule has 0 unspecified atom stereocenters. The summed E-state index contributed by atoms with van der Waals surface area (Å²) in [5.41, 5.74) is 0. The average Bonchev–Trinajstić information content (AvgIpc) is 1.81. The molecule has 0 N–H and O–H groups in total. The van der Waals surface area contributed by atoms with Gasteiger partial charge >= 0.3 is 0 Å². The van der Waals surface area contributed by atoms with E-state index in [1.165, 1.54) is 6.42 Å². The summed E-state index contributed by atoms with van der Waals surface area (Å²) in [7, 11) is 0. The topological polar surface area (TPSA) is 0 Å². The highest BCUT2D eigenvalue weighted by atomic mass is 13.8. The molecule has 0 aliphatic rings. The maximum absolute atomic E-state index is 5.03. The molecule has 0 heterocycles. The lowest BCUT2D eigenvalue weighted by atomic mass is 10.2. The maximum atomic E-state index is 5.03. The molecule has 0 heteroatoms. The molecule has 0 aromatic heterocycles. The molecule has 0 aliphatic heterocycles. The van der Waals surface area contributed by atoms with Gasteiger partial charge in [-0.2, -0.15) is 0 Å². The monoisotopic (exact) mass is 108 g/mol. The summed E-state index contributed by atoms with van der Waals surface area (Å²) in [6.45, 7) is 3.61. The van der Waals surface area contributed by atoms with Crippen LogP contribution in [0.25, 0.3) is 0 Å². The Balaban J connectivity index is 2.74. The first-order valence-electron chi connectivity index (χ1n) is 2.96. The fraction of sp³-hybridized carbons (Fsp3) is 0.500. The van der Waals surface area contributed by atoms with Crippen LogP contribution in [0.4, 0.5) is 0 Å². The summed E-state index contributed by atoms with van der Waals surface area (Å²) in [5.74, 6) is 2.59. The molecule has 0 spiro atoms. The Hall–Kier alpha value is -0.700. The molecule has 0 fully saturated rings. The van der Waals surface area contributed by atoms with Gasteiger partial charge in [-0.3, -0.25) is 0 Å². The zero-order valence-corrected chi connectivity index (χ0v) is 5.19. The van der Waals surface area contributed by atoms with Crippen molar-refractivity contribution in [3.05, 3.63) is 12.7 Å². The van der Waals surface area contributed by atoms with Crippen LogP contribution in [0.1, 0.15) is 25.7 Å². The van der Waals surface area contributed by atoms with Crippen LogP contribution in [-0.4, -0.2) is 0 Å². The van der Waals surface area contributed by atoms with Crippen LogP contribution in [0.3, 0.4) is 0 Å². The summed E-state index contributed by atoms with van der Waals surface area (Å²) < 4.78 is 0. The minimum atomic E-state index is 0.911. The molecule has 0 bridgehead atoms. The van der Waals surface area contributed by atoms with Crippen LogP contribution in [0.15, 0.2) is 12.7 Å².